The van der Waals surface area contributed by atoms with Gasteiger partial charge in [-0.05, 0) is 56.0 Å². The normalized spacial score (nSPS) is 18.8. The number of carbonyl (C=O) groups is 2. The highest BCUT2D eigenvalue weighted by atomic mass is 16.5. The van der Waals surface area contributed by atoms with Gasteiger partial charge in [0.2, 0.25) is 5.91 Å². The van der Waals surface area contributed by atoms with E-state index in [4.69, 9.17) is 4.74 Å². The second-order valence-corrected chi connectivity index (χ2v) is 8.31. The van der Waals surface area contributed by atoms with Crippen LogP contribution in [-0.4, -0.2) is 47.6 Å². The number of carbonyl (C=O) groups excluding carboxylic acids is 2. The third kappa shape index (κ3) is 4.81. The minimum Gasteiger partial charge on any atom is -0.486 e. The molecule has 3 heterocycles. The number of aryl methyl sites for hydroxylation is 1. The van der Waals surface area contributed by atoms with Gasteiger partial charge < -0.3 is 15.0 Å². The number of hydrogen-bond donors (Lipinski definition) is 1. The molecule has 3 amide bonds. The molecule has 0 saturated carbocycles. The molecule has 0 spiro atoms. The number of pyridine rings is 1. The molecule has 1 atom stereocenters. The lowest BCUT2D eigenvalue weighted by atomic mass is 9.96. The molecule has 0 radical (unpaired) electrons. The highest BCUT2D eigenvalue weighted by Gasteiger charge is 2.34. The molecule has 1 saturated heterocycles. The van der Waals surface area contributed by atoms with Crippen LogP contribution < -0.4 is 15.0 Å². The molecule has 0 bridgehead atoms. The van der Waals surface area contributed by atoms with Gasteiger partial charge in [0.25, 0.3) is 0 Å². The summed E-state index contributed by atoms with van der Waals surface area (Å²) in [6, 6.07) is 11.6. The molecular weight excluding hydrogens is 392 g/mol. The van der Waals surface area contributed by atoms with Gasteiger partial charge in [0, 0.05) is 25.2 Å². The fraction of sp³-hybridized carbons (Fsp3) is 0.458. The topological polar surface area (TPSA) is 74.8 Å². The second kappa shape index (κ2) is 9.37. The van der Waals surface area contributed by atoms with Gasteiger partial charge in [-0.25, -0.2) is 4.79 Å². The number of anilines is 1. The lowest BCUT2D eigenvalue weighted by Gasteiger charge is -2.39. The third-order valence-electron chi connectivity index (χ3n) is 6.08. The van der Waals surface area contributed by atoms with Gasteiger partial charge in [0.15, 0.2) is 0 Å². The van der Waals surface area contributed by atoms with Crippen molar-refractivity contribution in [1.82, 2.24) is 15.2 Å². The lowest BCUT2D eigenvalue weighted by molar-refractivity contribution is -0.126. The van der Waals surface area contributed by atoms with Crippen molar-refractivity contribution in [3.63, 3.8) is 0 Å². The van der Waals surface area contributed by atoms with Gasteiger partial charge in [-0.3, -0.25) is 14.7 Å². The van der Waals surface area contributed by atoms with Crippen LogP contribution in [0.3, 0.4) is 0 Å². The van der Waals surface area contributed by atoms with Crippen molar-refractivity contribution in [2.75, 3.05) is 24.5 Å². The van der Waals surface area contributed by atoms with Crippen LogP contribution in [0.4, 0.5) is 10.5 Å². The molecule has 164 valence electrons. The van der Waals surface area contributed by atoms with Gasteiger partial charge in [0.1, 0.15) is 11.9 Å². The van der Waals surface area contributed by atoms with Crippen molar-refractivity contribution in [3.8, 4) is 5.75 Å². The van der Waals surface area contributed by atoms with Crippen LogP contribution in [0.25, 0.3) is 0 Å². The van der Waals surface area contributed by atoms with Crippen LogP contribution in [0, 0.1) is 12.8 Å². The highest BCUT2D eigenvalue weighted by molar-refractivity contribution is 5.94. The van der Waals surface area contributed by atoms with Gasteiger partial charge in [0.05, 0.1) is 24.5 Å². The second-order valence-electron chi connectivity index (χ2n) is 8.31. The summed E-state index contributed by atoms with van der Waals surface area (Å²) in [5.74, 6) is 0.729. The molecule has 2 aliphatic rings. The number of nitrogens with zero attached hydrogens (tertiary/aromatic N) is 3. The van der Waals surface area contributed by atoms with Crippen LogP contribution in [0.5, 0.6) is 5.75 Å². The summed E-state index contributed by atoms with van der Waals surface area (Å²) >= 11 is 0. The standard InChI is InChI=1S/C24H30N4O3/c1-3-20-16-28(21-14-17(2)7-8-22(21)31-20)24(30)27-12-9-18(10-13-27)23(29)26-15-19-6-4-5-11-25-19/h4-8,11,14,18,20H,3,9-10,12-13,15-16H2,1-2H3,(H,26,29)/t20-/m1/s1. The summed E-state index contributed by atoms with van der Waals surface area (Å²) < 4.78 is 6.05. The van der Waals surface area contributed by atoms with Crippen molar-refractivity contribution < 1.29 is 14.3 Å². The number of rotatable bonds is 4. The molecule has 1 aromatic heterocycles. The van der Waals surface area contributed by atoms with Crippen molar-refractivity contribution in [1.29, 1.82) is 0 Å². The lowest BCUT2D eigenvalue weighted by Crippen LogP contribution is -2.52. The number of amides is 3. The Balaban J connectivity index is 1.36. The van der Waals surface area contributed by atoms with E-state index in [1.54, 1.807) is 6.20 Å². The van der Waals surface area contributed by atoms with Crippen molar-refractivity contribution in [2.24, 2.45) is 5.92 Å². The average molecular weight is 423 g/mol. The Hall–Kier alpha value is -3.09. The summed E-state index contributed by atoms with van der Waals surface area (Å²) in [5.41, 5.74) is 2.78. The minimum atomic E-state index is -0.0737. The number of urea groups is 1. The van der Waals surface area contributed by atoms with Crippen LogP contribution in [0.2, 0.25) is 0 Å². The number of benzene rings is 1. The number of ether oxygens (including phenoxy) is 1. The fourth-order valence-electron chi connectivity index (χ4n) is 4.18. The molecule has 4 rings (SSSR count). The van der Waals surface area contributed by atoms with E-state index in [-0.39, 0.29) is 24.0 Å². The highest BCUT2D eigenvalue weighted by Crippen LogP contribution is 2.36. The van der Waals surface area contributed by atoms with Crippen LogP contribution >= 0.6 is 0 Å². The van der Waals surface area contributed by atoms with E-state index >= 15 is 0 Å². The first-order chi connectivity index (χ1) is 15.0. The first-order valence-electron chi connectivity index (χ1n) is 11.1. The molecule has 7 heteroatoms. The Labute approximate surface area is 183 Å². The Morgan fingerprint density at radius 3 is 2.71 bits per heavy atom. The molecule has 7 nitrogen and oxygen atoms in total. The number of aromatic nitrogens is 1. The monoisotopic (exact) mass is 422 g/mol. The van der Waals surface area contributed by atoms with Crippen LogP contribution in [0.15, 0.2) is 42.6 Å². The Bertz CT molecular complexity index is 926. The van der Waals surface area contributed by atoms with E-state index in [2.05, 4.69) is 17.2 Å². The van der Waals surface area contributed by atoms with Crippen LogP contribution in [-0.2, 0) is 11.3 Å². The number of piperidine rings is 1. The summed E-state index contributed by atoms with van der Waals surface area (Å²) in [6.07, 6.45) is 3.90. The minimum absolute atomic E-state index is 0.000874. The summed E-state index contributed by atoms with van der Waals surface area (Å²) in [4.78, 5) is 33.9. The van der Waals surface area contributed by atoms with E-state index < -0.39 is 0 Å². The Kier molecular flexibility index (Phi) is 6.39. The van der Waals surface area contributed by atoms with Crippen molar-refractivity contribution in [3.05, 3.63) is 53.9 Å². The van der Waals surface area contributed by atoms with E-state index in [9.17, 15) is 9.59 Å². The number of fused-ring (bicyclic) bond motifs is 1. The van der Waals surface area contributed by atoms with Gasteiger partial charge in [-0.2, -0.15) is 0 Å². The maximum absolute atomic E-state index is 13.4. The molecule has 31 heavy (non-hydrogen) atoms. The SMILES string of the molecule is CC[C@@H]1CN(C(=O)N2CCC(C(=O)NCc3ccccn3)CC2)c2cc(C)ccc2O1. The predicted molar refractivity (Wildman–Crippen MR) is 119 cm³/mol. The van der Waals surface area contributed by atoms with E-state index in [0.29, 0.717) is 39.0 Å². The summed E-state index contributed by atoms with van der Waals surface area (Å²) in [7, 11) is 0. The van der Waals surface area contributed by atoms with E-state index in [1.165, 1.54) is 0 Å². The predicted octanol–water partition coefficient (Wildman–Crippen LogP) is 3.52. The zero-order chi connectivity index (χ0) is 21.8. The Morgan fingerprint density at radius 1 is 1.19 bits per heavy atom. The first kappa shape index (κ1) is 21.2. The van der Waals surface area contributed by atoms with Gasteiger partial charge >= 0.3 is 6.03 Å². The maximum Gasteiger partial charge on any atom is 0.324 e. The van der Waals surface area contributed by atoms with Crippen LogP contribution in [0.1, 0.15) is 37.4 Å². The molecule has 1 N–H and O–H groups in total. The van der Waals surface area contributed by atoms with Crippen molar-refractivity contribution in [2.45, 2.75) is 45.8 Å². The molecule has 1 fully saturated rings. The molecule has 2 aromatic rings. The molecule has 0 aliphatic carbocycles. The quantitative estimate of drug-likeness (QED) is 0.818. The molecule has 1 aromatic carbocycles. The smallest absolute Gasteiger partial charge is 0.324 e. The third-order valence-corrected chi connectivity index (χ3v) is 6.08. The van der Waals surface area contributed by atoms with Gasteiger partial charge in [-0.1, -0.05) is 19.1 Å². The number of hydrogen-bond acceptors (Lipinski definition) is 4. The zero-order valence-electron chi connectivity index (χ0n) is 18.2. The molecular formula is C24H30N4O3. The molecule has 2 aliphatic heterocycles. The number of likely N-dealkylation sites (tertiary alicyclic amines) is 1. The van der Waals surface area contributed by atoms with E-state index in [0.717, 1.165) is 29.1 Å². The summed E-state index contributed by atoms with van der Waals surface area (Å²) in [5, 5.41) is 2.98. The van der Waals surface area contributed by atoms with Gasteiger partial charge in [-0.15, -0.1) is 0 Å². The molecule has 0 unspecified atom stereocenters. The zero-order valence-corrected chi connectivity index (χ0v) is 18.2. The van der Waals surface area contributed by atoms with E-state index in [1.807, 2.05) is 53.1 Å². The average Bonchev–Trinajstić information content (AvgIpc) is 2.82. The number of nitrogens with one attached hydrogen (secondary N) is 1. The maximum atomic E-state index is 13.4. The van der Waals surface area contributed by atoms with Crippen molar-refractivity contribution >= 4 is 17.6 Å². The Morgan fingerprint density at radius 2 is 2.00 bits per heavy atom. The first-order valence-corrected chi connectivity index (χ1v) is 11.1. The largest absolute Gasteiger partial charge is 0.486 e. The summed E-state index contributed by atoms with van der Waals surface area (Å²) in [6.45, 7) is 6.23. The fourth-order valence-corrected chi connectivity index (χ4v) is 4.18.